The number of likely N-dealkylation sites (tertiary alicyclic amines) is 1. The number of hydrogen-bond donors (Lipinski definition) is 0. The number of rotatable bonds is 3. The minimum Gasteiger partial charge on any atom is -0.300 e. The second kappa shape index (κ2) is 5.50. The molecular weight excluding hydrogens is 182 g/mol. The smallest absolute Gasteiger partial charge is 0.0166 e. The maximum atomic E-state index is 4.10. The van der Waals surface area contributed by atoms with Gasteiger partial charge in [0.25, 0.3) is 0 Å². The summed E-state index contributed by atoms with van der Waals surface area (Å²) in [7, 11) is 0. The predicted octanol–water partition coefficient (Wildman–Crippen LogP) is 3.63. The standard InChI is InChI=1S/C14H25N/c1-13(14(2,3)4)9-8-12-15-10-6-5-7-11-15/h8-9H,1,5-7,10-12H2,2-4H3/b9-8+. The van der Waals surface area contributed by atoms with Crippen molar-refractivity contribution in [3.8, 4) is 0 Å². The molecule has 0 unspecified atom stereocenters. The number of hydrogen-bond acceptors (Lipinski definition) is 1. The van der Waals surface area contributed by atoms with Crippen LogP contribution in [0.2, 0.25) is 0 Å². The molecule has 0 saturated carbocycles. The number of nitrogens with zero attached hydrogens (tertiary/aromatic N) is 1. The van der Waals surface area contributed by atoms with Gasteiger partial charge in [0.1, 0.15) is 0 Å². The van der Waals surface area contributed by atoms with Gasteiger partial charge in [0.15, 0.2) is 0 Å². The van der Waals surface area contributed by atoms with Crippen molar-refractivity contribution < 1.29 is 0 Å². The molecule has 0 aromatic rings. The average Bonchev–Trinajstić information content (AvgIpc) is 2.18. The highest BCUT2D eigenvalue weighted by molar-refractivity contribution is 5.21. The van der Waals surface area contributed by atoms with Crippen molar-refractivity contribution in [2.75, 3.05) is 19.6 Å². The van der Waals surface area contributed by atoms with Crippen LogP contribution in [0.15, 0.2) is 24.3 Å². The molecule has 0 amide bonds. The molecule has 86 valence electrons. The van der Waals surface area contributed by atoms with Gasteiger partial charge in [-0.15, -0.1) is 0 Å². The minimum absolute atomic E-state index is 0.207. The Kier molecular flexibility index (Phi) is 4.59. The molecule has 0 aromatic heterocycles. The lowest BCUT2D eigenvalue weighted by Crippen LogP contribution is -2.29. The van der Waals surface area contributed by atoms with Crippen LogP contribution in [-0.4, -0.2) is 24.5 Å². The van der Waals surface area contributed by atoms with Crippen LogP contribution in [0, 0.1) is 5.41 Å². The SMILES string of the molecule is C=C(/C=C/CN1CCCCC1)C(C)(C)C. The predicted molar refractivity (Wildman–Crippen MR) is 68.0 cm³/mol. The highest BCUT2D eigenvalue weighted by Crippen LogP contribution is 2.24. The lowest BCUT2D eigenvalue weighted by molar-refractivity contribution is 0.251. The highest BCUT2D eigenvalue weighted by Gasteiger charge is 2.12. The van der Waals surface area contributed by atoms with Crippen molar-refractivity contribution in [3.63, 3.8) is 0 Å². The fourth-order valence-corrected chi connectivity index (χ4v) is 1.74. The first-order valence-corrected chi connectivity index (χ1v) is 6.08. The average molecular weight is 207 g/mol. The maximum absolute atomic E-state index is 4.10. The van der Waals surface area contributed by atoms with E-state index in [1.54, 1.807) is 0 Å². The van der Waals surface area contributed by atoms with Gasteiger partial charge in [-0.05, 0) is 31.3 Å². The van der Waals surface area contributed by atoms with Crippen molar-refractivity contribution in [2.24, 2.45) is 5.41 Å². The summed E-state index contributed by atoms with van der Waals surface area (Å²) in [5, 5.41) is 0. The molecule has 0 spiro atoms. The van der Waals surface area contributed by atoms with E-state index in [0.29, 0.717) is 0 Å². The summed E-state index contributed by atoms with van der Waals surface area (Å²) in [6, 6.07) is 0. The van der Waals surface area contributed by atoms with E-state index in [1.807, 2.05) is 0 Å². The maximum Gasteiger partial charge on any atom is 0.0166 e. The monoisotopic (exact) mass is 207 g/mol. The second-order valence-corrected chi connectivity index (χ2v) is 5.54. The molecule has 1 aliphatic rings. The largest absolute Gasteiger partial charge is 0.300 e. The molecule has 0 aliphatic carbocycles. The van der Waals surface area contributed by atoms with Crippen molar-refractivity contribution in [3.05, 3.63) is 24.3 Å². The molecule has 0 N–H and O–H groups in total. The fraction of sp³-hybridized carbons (Fsp3) is 0.714. The second-order valence-electron chi connectivity index (χ2n) is 5.54. The molecular formula is C14H25N. The van der Waals surface area contributed by atoms with Gasteiger partial charge in [-0.2, -0.15) is 0 Å². The van der Waals surface area contributed by atoms with Crippen molar-refractivity contribution >= 4 is 0 Å². The Morgan fingerprint density at radius 1 is 1.20 bits per heavy atom. The van der Waals surface area contributed by atoms with Crippen LogP contribution in [0.25, 0.3) is 0 Å². The van der Waals surface area contributed by atoms with Gasteiger partial charge in [0, 0.05) is 6.54 Å². The zero-order valence-electron chi connectivity index (χ0n) is 10.6. The Labute approximate surface area is 94.9 Å². The highest BCUT2D eigenvalue weighted by atomic mass is 15.1. The summed E-state index contributed by atoms with van der Waals surface area (Å²) in [5.41, 5.74) is 1.43. The zero-order chi connectivity index (χ0) is 11.3. The third-order valence-corrected chi connectivity index (χ3v) is 3.09. The quantitative estimate of drug-likeness (QED) is 0.639. The lowest BCUT2D eigenvalue weighted by Gasteiger charge is -2.25. The molecule has 1 heterocycles. The van der Waals surface area contributed by atoms with Gasteiger partial charge in [-0.25, -0.2) is 0 Å². The van der Waals surface area contributed by atoms with Crippen LogP contribution in [-0.2, 0) is 0 Å². The Hall–Kier alpha value is -0.560. The van der Waals surface area contributed by atoms with Crippen molar-refractivity contribution in [1.29, 1.82) is 0 Å². The first-order chi connectivity index (χ1) is 7.00. The summed E-state index contributed by atoms with van der Waals surface area (Å²) in [4.78, 5) is 2.52. The molecule has 0 aromatic carbocycles. The van der Waals surface area contributed by atoms with Gasteiger partial charge in [-0.3, -0.25) is 4.90 Å². The van der Waals surface area contributed by atoms with E-state index in [4.69, 9.17) is 0 Å². The van der Waals surface area contributed by atoms with Crippen LogP contribution in [0.1, 0.15) is 40.0 Å². The molecule has 1 aliphatic heterocycles. The number of piperidine rings is 1. The summed E-state index contributed by atoms with van der Waals surface area (Å²) in [6.45, 7) is 14.4. The van der Waals surface area contributed by atoms with Gasteiger partial charge in [-0.1, -0.05) is 51.5 Å². The molecule has 0 bridgehead atoms. The summed E-state index contributed by atoms with van der Waals surface area (Å²) in [6.07, 6.45) is 8.60. The van der Waals surface area contributed by atoms with E-state index >= 15 is 0 Å². The van der Waals surface area contributed by atoms with E-state index in [2.05, 4.69) is 44.4 Å². The van der Waals surface area contributed by atoms with Crippen LogP contribution in [0.5, 0.6) is 0 Å². The molecule has 1 saturated heterocycles. The molecule has 0 radical (unpaired) electrons. The van der Waals surface area contributed by atoms with E-state index in [9.17, 15) is 0 Å². The Balaban J connectivity index is 2.29. The minimum atomic E-state index is 0.207. The summed E-state index contributed by atoms with van der Waals surface area (Å²) >= 11 is 0. The van der Waals surface area contributed by atoms with Crippen LogP contribution in [0.3, 0.4) is 0 Å². The van der Waals surface area contributed by atoms with Crippen LogP contribution in [0.4, 0.5) is 0 Å². The van der Waals surface area contributed by atoms with Gasteiger partial charge >= 0.3 is 0 Å². The van der Waals surface area contributed by atoms with E-state index in [1.165, 1.54) is 37.9 Å². The number of allylic oxidation sites excluding steroid dienone is 2. The lowest BCUT2D eigenvalue weighted by atomic mass is 9.87. The van der Waals surface area contributed by atoms with Gasteiger partial charge in [0.2, 0.25) is 0 Å². The van der Waals surface area contributed by atoms with Crippen molar-refractivity contribution in [1.82, 2.24) is 4.90 Å². The molecule has 1 nitrogen and oxygen atoms in total. The third-order valence-electron chi connectivity index (χ3n) is 3.09. The molecule has 0 atom stereocenters. The Morgan fingerprint density at radius 3 is 2.33 bits per heavy atom. The molecule has 1 rings (SSSR count). The van der Waals surface area contributed by atoms with Crippen LogP contribution < -0.4 is 0 Å². The van der Waals surface area contributed by atoms with Crippen molar-refractivity contribution in [2.45, 2.75) is 40.0 Å². The van der Waals surface area contributed by atoms with E-state index in [0.717, 1.165) is 6.54 Å². The Bertz CT molecular complexity index is 226. The first kappa shape index (κ1) is 12.5. The van der Waals surface area contributed by atoms with E-state index < -0.39 is 0 Å². The molecule has 1 fully saturated rings. The summed E-state index contributed by atoms with van der Waals surface area (Å²) in [5.74, 6) is 0. The molecule has 15 heavy (non-hydrogen) atoms. The molecule has 1 heteroatoms. The normalized spacial score (nSPS) is 19.7. The fourth-order valence-electron chi connectivity index (χ4n) is 1.74. The van der Waals surface area contributed by atoms with Gasteiger partial charge in [0.05, 0.1) is 0 Å². The summed E-state index contributed by atoms with van der Waals surface area (Å²) < 4.78 is 0. The topological polar surface area (TPSA) is 3.24 Å². The Morgan fingerprint density at radius 2 is 1.80 bits per heavy atom. The van der Waals surface area contributed by atoms with Crippen LogP contribution >= 0.6 is 0 Å². The van der Waals surface area contributed by atoms with Gasteiger partial charge < -0.3 is 0 Å². The first-order valence-electron chi connectivity index (χ1n) is 6.08. The zero-order valence-corrected chi connectivity index (χ0v) is 10.6. The van der Waals surface area contributed by atoms with E-state index in [-0.39, 0.29) is 5.41 Å². The third kappa shape index (κ3) is 4.65.